The van der Waals surface area contributed by atoms with Gasteiger partial charge in [0.05, 0.1) is 4.92 Å². The fourth-order valence-electron chi connectivity index (χ4n) is 0.498. The number of nitrogens with zero attached hydrogens (tertiary/aromatic N) is 2. The minimum Gasteiger partial charge on any atom is -0.259 e. The van der Waals surface area contributed by atoms with Crippen LogP contribution in [0.3, 0.4) is 0 Å². The highest BCUT2D eigenvalue weighted by molar-refractivity contribution is 5.76. The summed E-state index contributed by atoms with van der Waals surface area (Å²) in [4.78, 5) is 12.9. The normalized spacial score (nSPS) is 19.3. The molecule has 0 fully saturated rings. The van der Waals surface area contributed by atoms with E-state index in [1.165, 1.54) is 6.21 Å². The van der Waals surface area contributed by atoms with Gasteiger partial charge < -0.3 is 0 Å². The molecule has 0 aromatic heterocycles. The zero-order chi connectivity index (χ0) is 6.69. The first-order valence-corrected chi connectivity index (χ1v) is 2.35. The molecule has 9 heavy (non-hydrogen) atoms. The Morgan fingerprint density at radius 3 is 3.00 bits per heavy atom. The molecule has 0 saturated heterocycles. The van der Waals surface area contributed by atoms with E-state index >= 15 is 0 Å². The van der Waals surface area contributed by atoms with E-state index in [2.05, 4.69) is 4.99 Å². The van der Waals surface area contributed by atoms with E-state index in [9.17, 15) is 10.1 Å². The van der Waals surface area contributed by atoms with Crippen LogP contribution in [0.4, 0.5) is 0 Å². The average molecular weight is 124 g/mol. The van der Waals surface area contributed by atoms with Gasteiger partial charge in [0.1, 0.15) is 5.70 Å². The molecule has 1 aliphatic rings. The van der Waals surface area contributed by atoms with Crippen LogP contribution in [0.25, 0.3) is 0 Å². The van der Waals surface area contributed by atoms with Gasteiger partial charge >= 0.3 is 0 Å². The maximum Gasteiger partial charge on any atom is 0.259 e. The molecule has 4 heteroatoms. The first kappa shape index (κ1) is 5.68. The summed E-state index contributed by atoms with van der Waals surface area (Å²) in [7, 11) is 0. The lowest BCUT2D eigenvalue weighted by Gasteiger charge is -1.79. The second kappa shape index (κ2) is 2.21. The highest BCUT2D eigenvalue weighted by Crippen LogP contribution is 2.02. The van der Waals surface area contributed by atoms with E-state index in [1.807, 2.05) is 0 Å². The Morgan fingerprint density at radius 2 is 2.56 bits per heavy atom. The molecule has 0 aromatic carbocycles. The molecule has 0 saturated carbocycles. The molecule has 0 radical (unpaired) electrons. The molecular weight excluding hydrogens is 120 g/mol. The smallest absolute Gasteiger partial charge is 0.259 e. The topological polar surface area (TPSA) is 55.5 Å². The Morgan fingerprint density at radius 1 is 1.78 bits per heavy atom. The van der Waals surface area contributed by atoms with Crippen molar-refractivity contribution >= 4 is 6.21 Å². The molecule has 46 valence electrons. The molecule has 0 bridgehead atoms. The molecule has 0 atom stereocenters. The third kappa shape index (κ3) is 1.49. The standard InChI is InChI=1S/C5H4N2O2/c8-7(9)4-5-2-1-3-6-5/h1-4H. The molecule has 0 N–H and O–H groups in total. The van der Waals surface area contributed by atoms with Crippen LogP contribution in [0.2, 0.25) is 0 Å². The van der Waals surface area contributed by atoms with E-state index in [1.54, 1.807) is 12.2 Å². The van der Waals surface area contributed by atoms with E-state index < -0.39 is 4.92 Å². The Hall–Kier alpha value is -1.45. The van der Waals surface area contributed by atoms with Gasteiger partial charge in [-0.05, 0) is 12.2 Å². The van der Waals surface area contributed by atoms with Crippen molar-refractivity contribution in [3.05, 3.63) is 34.2 Å². The lowest BCUT2D eigenvalue weighted by atomic mass is 10.5. The van der Waals surface area contributed by atoms with Crippen LogP contribution in [-0.4, -0.2) is 11.1 Å². The summed E-state index contributed by atoms with van der Waals surface area (Å²) < 4.78 is 0. The first-order valence-electron chi connectivity index (χ1n) is 2.35. The minimum atomic E-state index is -0.525. The second-order valence-electron chi connectivity index (χ2n) is 1.48. The van der Waals surface area contributed by atoms with Gasteiger partial charge in [-0.1, -0.05) is 0 Å². The van der Waals surface area contributed by atoms with E-state index in [-0.39, 0.29) is 0 Å². The molecular formula is C5H4N2O2. The summed E-state index contributed by atoms with van der Waals surface area (Å²) in [5, 5.41) is 9.78. The van der Waals surface area contributed by atoms with Crippen LogP contribution in [0.5, 0.6) is 0 Å². The predicted molar refractivity (Wildman–Crippen MR) is 32.7 cm³/mol. The van der Waals surface area contributed by atoms with E-state index in [4.69, 9.17) is 0 Å². The minimum absolute atomic E-state index is 0.389. The molecule has 1 heterocycles. The summed E-state index contributed by atoms with van der Waals surface area (Å²) in [6.45, 7) is 0. The van der Waals surface area contributed by atoms with Crippen LogP contribution in [0.1, 0.15) is 0 Å². The molecule has 0 amide bonds. The van der Waals surface area contributed by atoms with Crippen molar-refractivity contribution in [2.24, 2.45) is 4.99 Å². The van der Waals surface area contributed by atoms with Gasteiger partial charge in [0, 0.05) is 6.21 Å². The molecule has 1 rings (SSSR count). The molecule has 0 unspecified atom stereocenters. The summed E-state index contributed by atoms with van der Waals surface area (Å²) >= 11 is 0. The van der Waals surface area contributed by atoms with Gasteiger partial charge in [-0.25, -0.2) is 0 Å². The number of hydrogen-bond donors (Lipinski definition) is 0. The molecule has 0 aliphatic carbocycles. The second-order valence-corrected chi connectivity index (χ2v) is 1.48. The Kier molecular flexibility index (Phi) is 1.40. The summed E-state index contributed by atoms with van der Waals surface area (Å²) in [5.41, 5.74) is 0.389. The van der Waals surface area contributed by atoms with Crippen LogP contribution >= 0.6 is 0 Å². The Bertz CT molecular complexity index is 201. The molecule has 4 nitrogen and oxygen atoms in total. The van der Waals surface area contributed by atoms with Gasteiger partial charge in [0.25, 0.3) is 6.20 Å². The van der Waals surface area contributed by atoms with Crippen molar-refractivity contribution in [3.63, 3.8) is 0 Å². The number of rotatable bonds is 1. The van der Waals surface area contributed by atoms with Gasteiger partial charge in [0.2, 0.25) is 0 Å². The monoisotopic (exact) mass is 124 g/mol. The molecule has 0 aromatic rings. The fraction of sp³-hybridized carbons (Fsp3) is 0. The van der Waals surface area contributed by atoms with Gasteiger partial charge in [-0.3, -0.25) is 15.1 Å². The van der Waals surface area contributed by atoms with Crippen molar-refractivity contribution in [1.29, 1.82) is 0 Å². The number of aliphatic imine (C=N–C) groups is 1. The maximum atomic E-state index is 9.78. The SMILES string of the molecule is O=[N+]([O-])C=C1C=CC=N1. The third-order valence-corrected chi connectivity index (χ3v) is 0.814. The number of allylic oxidation sites excluding steroid dienone is 2. The first-order chi connectivity index (χ1) is 4.29. The summed E-state index contributed by atoms with van der Waals surface area (Å²) in [6.07, 6.45) is 5.59. The Balaban J connectivity index is 2.73. The van der Waals surface area contributed by atoms with Crippen molar-refractivity contribution in [3.8, 4) is 0 Å². The van der Waals surface area contributed by atoms with Crippen molar-refractivity contribution in [2.45, 2.75) is 0 Å². The van der Waals surface area contributed by atoms with Gasteiger partial charge in [-0.2, -0.15) is 0 Å². The lowest BCUT2D eigenvalue weighted by Crippen LogP contribution is -1.84. The van der Waals surface area contributed by atoms with Crippen LogP contribution < -0.4 is 0 Å². The zero-order valence-corrected chi connectivity index (χ0v) is 4.52. The number of nitro groups is 1. The summed E-state index contributed by atoms with van der Waals surface area (Å²) in [5.74, 6) is 0. The summed E-state index contributed by atoms with van der Waals surface area (Å²) in [6, 6.07) is 0. The predicted octanol–water partition coefficient (Wildman–Crippen LogP) is 0.745. The Labute approximate surface area is 51.4 Å². The van der Waals surface area contributed by atoms with Crippen molar-refractivity contribution in [1.82, 2.24) is 0 Å². The van der Waals surface area contributed by atoms with Gasteiger partial charge in [0.15, 0.2) is 0 Å². The van der Waals surface area contributed by atoms with Crippen LogP contribution in [0.15, 0.2) is 29.0 Å². The van der Waals surface area contributed by atoms with Crippen molar-refractivity contribution < 1.29 is 4.92 Å². The molecule has 0 spiro atoms. The lowest BCUT2D eigenvalue weighted by molar-refractivity contribution is -0.403. The van der Waals surface area contributed by atoms with Gasteiger partial charge in [-0.15, -0.1) is 0 Å². The third-order valence-electron chi connectivity index (χ3n) is 0.814. The highest BCUT2D eigenvalue weighted by atomic mass is 16.6. The van der Waals surface area contributed by atoms with E-state index in [0.717, 1.165) is 6.20 Å². The van der Waals surface area contributed by atoms with E-state index in [0.29, 0.717) is 5.70 Å². The fourth-order valence-corrected chi connectivity index (χ4v) is 0.498. The molecule has 1 aliphatic heterocycles. The number of hydrogen-bond acceptors (Lipinski definition) is 3. The van der Waals surface area contributed by atoms with Crippen LogP contribution in [-0.2, 0) is 0 Å². The largest absolute Gasteiger partial charge is 0.259 e. The van der Waals surface area contributed by atoms with Crippen LogP contribution in [0, 0.1) is 10.1 Å². The quantitative estimate of drug-likeness (QED) is 0.382. The zero-order valence-electron chi connectivity index (χ0n) is 4.52. The van der Waals surface area contributed by atoms with Crippen molar-refractivity contribution in [2.75, 3.05) is 0 Å². The average Bonchev–Trinajstić information content (AvgIpc) is 2.15. The maximum absolute atomic E-state index is 9.78. The highest BCUT2D eigenvalue weighted by Gasteiger charge is 1.97.